The average molecular weight is 236 g/mol. The average Bonchev–Trinajstić information content (AvgIpc) is 2.75. The van der Waals surface area contributed by atoms with Gasteiger partial charge in [0.05, 0.1) is 0 Å². The maximum Gasteiger partial charge on any atom is 0.231 e. The molecule has 0 saturated heterocycles. The normalized spacial score (nSPS) is 15.3. The molecule has 0 bridgehead atoms. The molecule has 0 aliphatic carbocycles. The summed E-state index contributed by atoms with van der Waals surface area (Å²) in [6, 6.07) is 6.61. The molecule has 0 spiro atoms. The van der Waals surface area contributed by atoms with E-state index in [-0.39, 0.29) is 0 Å². The maximum absolute atomic E-state index is 5.35. The molecule has 0 fully saturated rings. The lowest BCUT2D eigenvalue weighted by Gasteiger charge is -2.20. The summed E-state index contributed by atoms with van der Waals surface area (Å²) in [7, 11) is 4.18. The predicted octanol–water partition coefficient (Wildman–Crippen LogP) is 1.45. The van der Waals surface area contributed by atoms with E-state index in [0.29, 0.717) is 12.8 Å². The van der Waals surface area contributed by atoms with E-state index in [4.69, 9.17) is 9.47 Å². The number of ether oxygens (including phenoxy) is 2. The highest BCUT2D eigenvalue weighted by atomic mass is 16.7. The van der Waals surface area contributed by atoms with Gasteiger partial charge in [-0.05, 0) is 38.7 Å². The molecule has 2 rings (SSSR count). The second-order valence-electron chi connectivity index (χ2n) is 4.63. The third-order valence-corrected chi connectivity index (χ3v) is 3.09. The number of likely N-dealkylation sites (N-methyl/N-ethyl adjacent to an activating group) is 1. The van der Waals surface area contributed by atoms with Crippen molar-refractivity contribution in [3.05, 3.63) is 23.8 Å². The SMILES string of the molecule is CC(CNCc1ccc2c(c1)OCO2)N(C)C. The van der Waals surface area contributed by atoms with Crippen LogP contribution in [-0.2, 0) is 6.54 Å². The number of fused-ring (bicyclic) bond motifs is 1. The quantitative estimate of drug-likeness (QED) is 0.839. The van der Waals surface area contributed by atoms with Gasteiger partial charge in [-0.1, -0.05) is 6.07 Å². The van der Waals surface area contributed by atoms with Crippen LogP contribution in [0.1, 0.15) is 12.5 Å². The summed E-state index contributed by atoms with van der Waals surface area (Å²) in [5.41, 5.74) is 1.22. The van der Waals surface area contributed by atoms with Crippen LogP contribution in [0.25, 0.3) is 0 Å². The zero-order chi connectivity index (χ0) is 12.3. The van der Waals surface area contributed by atoms with Gasteiger partial charge in [0, 0.05) is 19.1 Å². The molecule has 4 nitrogen and oxygen atoms in total. The van der Waals surface area contributed by atoms with Gasteiger partial charge in [0.1, 0.15) is 0 Å². The van der Waals surface area contributed by atoms with Gasteiger partial charge in [-0.3, -0.25) is 0 Å². The lowest BCUT2D eigenvalue weighted by Crippen LogP contribution is -2.35. The van der Waals surface area contributed by atoms with E-state index >= 15 is 0 Å². The second kappa shape index (κ2) is 5.38. The van der Waals surface area contributed by atoms with Crippen LogP contribution in [0.15, 0.2) is 18.2 Å². The number of nitrogens with zero attached hydrogens (tertiary/aromatic N) is 1. The van der Waals surface area contributed by atoms with Crippen LogP contribution >= 0.6 is 0 Å². The van der Waals surface area contributed by atoms with Gasteiger partial charge < -0.3 is 19.7 Å². The van der Waals surface area contributed by atoms with E-state index in [1.54, 1.807) is 0 Å². The molecule has 1 aliphatic rings. The van der Waals surface area contributed by atoms with E-state index in [0.717, 1.165) is 24.6 Å². The lowest BCUT2D eigenvalue weighted by atomic mass is 10.2. The van der Waals surface area contributed by atoms with E-state index < -0.39 is 0 Å². The Kier molecular flexibility index (Phi) is 3.86. The molecule has 1 unspecified atom stereocenters. The lowest BCUT2D eigenvalue weighted by molar-refractivity contribution is 0.174. The molecule has 0 radical (unpaired) electrons. The Morgan fingerprint density at radius 2 is 2.06 bits per heavy atom. The topological polar surface area (TPSA) is 33.7 Å². The van der Waals surface area contributed by atoms with Crippen molar-refractivity contribution in [2.75, 3.05) is 27.4 Å². The summed E-state index contributed by atoms with van der Waals surface area (Å²) in [4.78, 5) is 2.20. The molecule has 94 valence electrons. The summed E-state index contributed by atoms with van der Waals surface area (Å²) in [6.07, 6.45) is 0. The molecule has 4 heteroatoms. The number of nitrogens with one attached hydrogen (secondary N) is 1. The minimum absolute atomic E-state index is 0.337. The number of benzene rings is 1. The Morgan fingerprint density at radius 3 is 2.82 bits per heavy atom. The first-order valence-corrected chi connectivity index (χ1v) is 5.92. The molecule has 1 atom stereocenters. The number of hydrogen-bond donors (Lipinski definition) is 1. The van der Waals surface area contributed by atoms with Crippen molar-refractivity contribution < 1.29 is 9.47 Å². The van der Waals surface area contributed by atoms with Crippen LogP contribution in [-0.4, -0.2) is 38.4 Å². The van der Waals surface area contributed by atoms with Crippen LogP contribution in [0.3, 0.4) is 0 Å². The van der Waals surface area contributed by atoms with Gasteiger partial charge in [-0.25, -0.2) is 0 Å². The van der Waals surface area contributed by atoms with Crippen molar-refractivity contribution >= 4 is 0 Å². The Labute approximate surface area is 103 Å². The van der Waals surface area contributed by atoms with Crippen molar-refractivity contribution in [1.82, 2.24) is 10.2 Å². The molecule has 0 saturated carbocycles. The highest BCUT2D eigenvalue weighted by Gasteiger charge is 2.13. The monoisotopic (exact) mass is 236 g/mol. The van der Waals surface area contributed by atoms with Crippen LogP contribution in [0, 0.1) is 0 Å². The first-order valence-electron chi connectivity index (χ1n) is 5.92. The van der Waals surface area contributed by atoms with Gasteiger partial charge in [0.2, 0.25) is 6.79 Å². The fourth-order valence-electron chi connectivity index (χ4n) is 1.66. The van der Waals surface area contributed by atoms with Crippen molar-refractivity contribution in [3.8, 4) is 11.5 Å². The zero-order valence-electron chi connectivity index (χ0n) is 10.7. The minimum atomic E-state index is 0.337. The molecular formula is C13H20N2O2. The van der Waals surface area contributed by atoms with Crippen molar-refractivity contribution in [2.45, 2.75) is 19.5 Å². The molecule has 1 aromatic rings. The largest absolute Gasteiger partial charge is 0.454 e. The van der Waals surface area contributed by atoms with Crippen LogP contribution < -0.4 is 14.8 Å². The number of rotatable bonds is 5. The molecule has 0 amide bonds. The fraction of sp³-hybridized carbons (Fsp3) is 0.538. The predicted molar refractivity (Wildman–Crippen MR) is 67.4 cm³/mol. The highest BCUT2D eigenvalue weighted by Crippen LogP contribution is 2.32. The molecule has 1 aromatic carbocycles. The summed E-state index contributed by atoms with van der Waals surface area (Å²) in [6.45, 7) is 4.37. The highest BCUT2D eigenvalue weighted by molar-refractivity contribution is 5.44. The number of hydrogen-bond acceptors (Lipinski definition) is 4. The first-order chi connectivity index (χ1) is 8.16. The third-order valence-electron chi connectivity index (χ3n) is 3.09. The molecule has 1 aliphatic heterocycles. The summed E-state index contributed by atoms with van der Waals surface area (Å²) in [5.74, 6) is 1.69. The van der Waals surface area contributed by atoms with Crippen LogP contribution in [0.5, 0.6) is 11.5 Å². The summed E-state index contributed by atoms with van der Waals surface area (Å²) >= 11 is 0. The third kappa shape index (κ3) is 3.11. The minimum Gasteiger partial charge on any atom is -0.454 e. The van der Waals surface area contributed by atoms with Crippen molar-refractivity contribution in [1.29, 1.82) is 0 Å². The Balaban J connectivity index is 1.83. The first kappa shape index (κ1) is 12.2. The zero-order valence-corrected chi connectivity index (χ0v) is 10.7. The maximum atomic E-state index is 5.35. The van der Waals surface area contributed by atoms with Gasteiger partial charge in [-0.15, -0.1) is 0 Å². The van der Waals surface area contributed by atoms with Crippen LogP contribution in [0.4, 0.5) is 0 Å². The summed E-state index contributed by atoms with van der Waals surface area (Å²) in [5, 5.41) is 3.44. The van der Waals surface area contributed by atoms with E-state index in [9.17, 15) is 0 Å². The Bertz CT molecular complexity index is 380. The van der Waals surface area contributed by atoms with E-state index in [1.807, 2.05) is 12.1 Å². The molecule has 0 aromatic heterocycles. The summed E-state index contributed by atoms with van der Waals surface area (Å²) < 4.78 is 10.6. The van der Waals surface area contributed by atoms with E-state index in [1.165, 1.54) is 5.56 Å². The van der Waals surface area contributed by atoms with Gasteiger partial charge in [0.15, 0.2) is 11.5 Å². The molecule has 17 heavy (non-hydrogen) atoms. The second-order valence-corrected chi connectivity index (χ2v) is 4.63. The van der Waals surface area contributed by atoms with E-state index in [2.05, 4.69) is 37.3 Å². The Morgan fingerprint density at radius 1 is 1.29 bits per heavy atom. The Hall–Kier alpha value is -1.26. The van der Waals surface area contributed by atoms with Gasteiger partial charge in [0.25, 0.3) is 0 Å². The molecular weight excluding hydrogens is 216 g/mol. The standard InChI is InChI=1S/C13H20N2O2/c1-10(15(2)3)7-14-8-11-4-5-12-13(6-11)17-9-16-12/h4-6,10,14H,7-9H2,1-3H3. The fourth-order valence-corrected chi connectivity index (χ4v) is 1.66. The molecule has 1 heterocycles. The van der Waals surface area contributed by atoms with Crippen molar-refractivity contribution in [3.63, 3.8) is 0 Å². The van der Waals surface area contributed by atoms with Crippen molar-refractivity contribution in [2.24, 2.45) is 0 Å². The smallest absolute Gasteiger partial charge is 0.231 e. The van der Waals surface area contributed by atoms with Gasteiger partial charge >= 0.3 is 0 Å². The van der Waals surface area contributed by atoms with Gasteiger partial charge in [-0.2, -0.15) is 0 Å². The van der Waals surface area contributed by atoms with Crippen LogP contribution in [0.2, 0.25) is 0 Å². The molecule has 1 N–H and O–H groups in total.